The van der Waals surface area contributed by atoms with Gasteiger partial charge in [0.2, 0.25) is 5.43 Å². The third-order valence-corrected chi connectivity index (χ3v) is 3.45. The maximum atomic E-state index is 10.8. The molecular formula is C18H21N5O. The number of nitrogens with one attached hydrogen (secondary N) is 2. The lowest BCUT2D eigenvalue weighted by molar-refractivity contribution is 0.926. The van der Waals surface area contributed by atoms with Crippen molar-refractivity contribution in [2.75, 3.05) is 0 Å². The lowest BCUT2D eigenvalue weighted by Crippen LogP contribution is -2.26. The van der Waals surface area contributed by atoms with Gasteiger partial charge in [-0.2, -0.15) is 5.10 Å². The monoisotopic (exact) mass is 323 g/mol. The number of aliphatic imine (C=N–C) groups is 1. The molecule has 2 aromatic heterocycles. The van der Waals surface area contributed by atoms with Crippen LogP contribution in [0.2, 0.25) is 0 Å². The van der Waals surface area contributed by atoms with E-state index in [1.54, 1.807) is 26.2 Å². The predicted octanol–water partition coefficient (Wildman–Crippen LogP) is 2.63. The molecule has 0 amide bonds. The van der Waals surface area contributed by atoms with Gasteiger partial charge in [-0.15, -0.1) is 0 Å². The Balaban J connectivity index is 0.000000198. The standard InChI is InChI=1S/C12H13N3.C6H8N2O/c1-3-10-8-14-12(15-9(10)2)11-4-6-13-7-5-11;1-4-3-6(9)5(2)8-7-4/h4-8H,2-3H2,1H3,(H,14,15);3H,1-2H3,(H,7,9). The van der Waals surface area contributed by atoms with Crippen LogP contribution in [-0.2, 0) is 0 Å². The first-order chi connectivity index (χ1) is 11.5. The summed E-state index contributed by atoms with van der Waals surface area (Å²) in [6, 6.07) is 5.37. The number of hydrogen-bond acceptors (Lipinski definition) is 5. The van der Waals surface area contributed by atoms with Gasteiger partial charge in [0.15, 0.2) is 0 Å². The fourth-order valence-electron chi connectivity index (χ4n) is 2.00. The Hall–Kier alpha value is -3.02. The van der Waals surface area contributed by atoms with Crippen LogP contribution in [0.25, 0.3) is 0 Å². The minimum absolute atomic E-state index is 0.00810. The van der Waals surface area contributed by atoms with E-state index in [1.165, 1.54) is 6.07 Å². The second-order valence-corrected chi connectivity index (χ2v) is 5.33. The fraction of sp³-hybridized carbons (Fsp3) is 0.222. The first-order valence-electron chi connectivity index (χ1n) is 7.67. The van der Waals surface area contributed by atoms with Gasteiger partial charge in [-0.05, 0) is 38.0 Å². The Bertz CT molecular complexity index is 834. The van der Waals surface area contributed by atoms with Crippen LogP contribution in [0.4, 0.5) is 0 Å². The molecule has 0 bridgehead atoms. The first-order valence-corrected chi connectivity index (χ1v) is 7.67. The number of aromatic nitrogens is 3. The Kier molecular flexibility index (Phi) is 5.78. The quantitative estimate of drug-likeness (QED) is 0.890. The highest BCUT2D eigenvalue weighted by Crippen LogP contribution is 2.15. The number of pyridine rings is 1. The van der Waals surface area contributed by atoms with Crippen molar-refractivity contribution in [2.24, 2.45) is 4.99 Å². The second-order valence-electron chi connectivity index (χ2n) is 5.33. The number of hydrogen-bond donors (Lipinski definition) is 2. The minimum Gasteiger partial charge on any atom is -0.340 e. The van der Waals surface area contributed by atoms with Gasteiger partial charge in [0.1, 0.15) is 11.5 Å². The van der Waals surface area contributed by atoms with Gasteiger partial charge in [0, 0.05) is 41.6 Å². The summed E-state index contributed by atoms with van der Waals surface area (Å²) in [7, 11) is 0. The number of H-pyrrole nitrogens is 1. The van der Waals surface area contributed by atoms with Crippen molar-refractivity contribution < 1.29 is 0 Å². The maximum Gasteiger partial charge on any atom is 0.203 e. The first kappa shape index (κ1) is 17.3. The molecule has 3 rings (SSSR count). The van der Waals surface area contributed by atoms with Crippen molar-refractivity contribution in [1.82, 2.24) is 20.5 Å². The van der Waals surface area contributed by atoms with Gasteiger partial charge in [0.25, 0.3) is 0 Å². The van der Waals surface area contributed by atoms with E-state index < -0.39 is 0 Å². The number of allylic oxidation sites excluding steroid dienone is 1. The van der Waals surface area contributed by atoms with Gasteiger partial charge in [0.05, 0.1) is 0 Å². The van der Waals surface area contributed by atoms with Crippen molar-refractivity contribution in [2.45, 2.75) is 27.2 Å². The van der Waals surface area contributed by atoms with Crippen molar-refractivity contribution >= 4 is 5.84 Å². The molecule has 0 atom stereocenters. The summed E-state index contributed by atoms with van der Waals surface area (Å²) in [6.45, 7) is 9.53. The zero-order valence-electron chi connectivity index (χ0n) is 14.1. The number of aromatic amines is 1. The highest BCUT2D eigenvalue weighted by molar-refractivity contribution is 6.01. The summed E-state index contributed by atoms with van der Waals surface area (Å²) in [5, 5.41) is 9.62. The molecule has 0 radical (unpaired) electrons. The van der Waals surface area contributed by atoms with Gasteiger partial charge < -0.3 is 5.32 Å². The molecule has 1 aliphatic rings. The number of amidine groups is 1. The summed E-state index contributed by atoms with van der Waals surface area (Å²) < 4.78 is 0. The van der Waals surface area contributed by atoms with E-state index in [4.69, 9.17) is 0 Å². The van der Waals surface area contributed by atoms with Crippen LogP contribution >= 0.6 is 0 Å². The molecule has 2 N–H and O–H groups in total. The smallest absolute Gasteiger partial charge is 0.203 e. The molecule has 2 aromatic rings. The summed E-state index contributed by atoms with van der Waals surface area (Å²) in [4.78, 5) is 19.1. The van der Waals surface area contributed by atoms with E-state index in [9.17, 15) is 4.79 Å². The van der Waals surface area contributed by atoms with Crippen molar-refractivity contribution in [3.8, 4) is 0 Å². The molecule has 0 saturated heterocycles. The molecule has 3 heterocycles. The van der Waals surface area contributed by atoms with E-state index in [0.29, 0.717) is 5.69 Å². The lowest BCUT2D eigenvalue weighted by atomic mass is 10.1. The summed E-state index contributed by atoms with van der Waals surface area (Å²) in [5.41, 5.74) is 4.40. The Morgan fingerprint density at radius 3 is 2.46 bits per heavy atom. The highest BCUT2D eigenvalue weighted by atomic mass is 16.1. The molecule has 0 unspecified atom stereocenters. The van der Waals surface area contributed by atoms with Crippen LogP contribution in [0, 0.1) is 13.8 Å². The van der Waals surface area contributed by atoms with Crippen molar-refractivity contribution in [1.29, 1.82) is 0 Å². The molecule has 0 fully saturated rings. The zero-order chi connectivity index (χ0) is 17.5. The van der Waals surface area contributed by atoms with Crippen LogP contribution in [0.3, 0.4) is 0 Å². The lowest BCUT2D eigenvalue weighted by Gasteiger charge is -2.17. The van der Waals surface area contributed by atoms with Crippen molar-refractivity contribution in [3.05, 3.63) is 81.8 Å². The zero-order valence-corrected chi connectivity index (χ0v) is 14.1. The molecule has 124 valence electrons. The average Bonchev–Trinajstić information content (AvgIpc) is 2.60. The molecule has 1 aliphatic heterocycles. The molecular weight excluding hydrogens is 302 g/mol. The molecule has 0 aliphatic carbocycles. The van der Waals surface area contributed by atoms with E-state index in [0.717, 1.165) is 34.8 Å². The predicted molar refractivity (Wildman–Crippen MR) is 95.8 cm³/mol. The molecule has 24 heavy (non-hydrogen) atoms. The average molecular weight is 323 g/mol. The Morgan fingerprint density at radius 2 is 1.92 bits per heavy atom. The van der Waals surface area contributed by atoms with E-state index in [1.807, 2.05) is 18.3 Å². The summed E-state index contributed by atoms with van der Waals surface area (Å²) in [6.07, 6.45) is 6.32. The van der Waals surface area contributed by atoms with Crippen LogP contribution < -0.4 is 10.7 Å². The number of aryl methyl sites for hydroxylation is 2. The second kappa shape index (κ2) is 8.01. The minimum atomic E-state index is -0.00810. The topological polar surface area (TPSA) is 83.0 Å². The van der Waals surface area contributed by atoms with Gasteiger partial charge in [-0.25, -0.2) is 4.99 Å². The molecule has 0 aromatic carbocycles. The molecule has 0 spiro atoms. The fourth-order valence-corrected chi connectivity index (χ4v) is 2.00. The Labute approximate surface area is 141 Å². The summed E-state index contributed by atoms with van der Waals surface area (Å²) >= 11 is 0. The van der Waals surface area contributed by atoms with Crippen LogP contribution in [0.5, 0.6) is 0 Å². The summed E-state index contributed by atoms with van der Waals surface area (Å²) in [5.74, 6) is 0.833. The third kappa shape index (κ3) is 4.49. The van der Waals surface area contributed by atoms with Crippen LogP contribution in [-0.4, -0.2) is 21.0 Å². The molecule has 6 heteroatoms. The normalized spacial score (nSPS) is 13.2. The van der Waals surface area contributed by atoms with Gasteiger partial charge in [-0.1, -0.05) is 13.5 Å². The van der Waals surface area contributed by atoms with Crippen LogP contribution in [0.15, 0.2) is 64.4 Å². The Morgan fingerprint density at radius 1 is 1.21 bits per heavy atom. The molecule has 6 nitrogen and oxygen atoms in total. The van der Waals surface area contributed by atoms with Crippen LogP contribution in [0.1, 0.15) is 30.3 Å². The largest absolute Gasteiger partial charge is 0.340 e. The van der Waals surface area contributed by atoms with E-state index >= 15 is 0 Å². The van der Waals surface area contributed by atoms with Crippen molar-refractivity contribution in [3.63, 3.8) is 0 Å². The maximum absolute atomic E-state index is 10.8. The van der Waals surface area contributed by atoms with Gasteiger partial charge in [-0.3, -0.25) is 14.9 Å². The molecule has 0 saturated carbocycles. The van der Waals surface area contributed by atoms with E-state index in [2.05, 4.69) is 39.0 Å². The van der Waals surface area contributed by atoms with Gasteiger partial charge >= 0.3 is 0 Å². The SMILES string of the molecule is C=C1NC(c2ccncc2)=NC=C1CC.Cc1cc(=O)c(C)n[nH]1. The van der Waals surface area contributed by atoms with E-state index in [-0.39, 0.29) is 5.43 Å². The number of nitrogens with zero attached hydrogens (tertiary/aromatic N) is 3. The third-order valence-electron chi connectivity index (χ3n) is 3.45. The highest BCUT2D eigenvalue weighted by Gasteiger charge is 2.10. The number of rotatable bonds is 2.